The van der Waals surface area contributed by atoms with E-state index in [2.05, 4.69) is 0 Å². The number of rotatable bonds is 9. The fourth-order valence-corrected chi connectivity index (χ4v) is 3.24. The Morgan fingerprint density at radius 2 is 1.68 bits per heavy atom. The molecule has 0 fully saturated rings. The van der Waals surface area contributed by atoms with Crippen LogP contribution in [-0.2, 0) is 4.79 Å². The molecule has 144 valence electrons. The van der Waals surface area contributed by atoms with Crippen molar-refractivity contribution in [1.29, 1.82) is 0 Å². The van der Waals surface area contributed by atoms with Gasteiger partial charge in [-0.2, -0.15) is 0 Å². The molecule has 0 aliphatic heterocycles. The van der Waals surface area contributed by atoms with E-state index in [1.54, 1.807) is 19.3 Å². The molecule has 3 aromatic rings. The van der Waals surface area contributed by atoms with Crippen molar-refractivity contribution in [2.24, 2.45) is 0 Å². The molecule has 1 N–H and O–H groups in total. The quantitative estimate of drug-likeness (QED) is 0.414. The molecule has 0 amide bonds. The van der Waals surface area contributed by atoms with Gasteiger partial charge in [0.2, 0.25) is 0 Å². The largest absolute Gasteiger partial charge is 0.497 e. The minimum Gasteiger partial charge on any atom is -0.497 e. The number of benzene rings is 2. The Bertz CT molecular complexity index is 930. The van der Waals surface area contributed by atoms with Gasteiger partial charge in [-0.25, -0.2) is 4.79 Å². The van der Waals surface area contributed by atoms with Crippen molar-refractivity contribution >= 4 is 29.0 Å². The van der Waals surface area contributed by atoms with Crippen molar-refractivity contribution in [2.75, 3.05) is 20.3 Å². The number of ether oxygens (including phenoxy) is 3. The second kappa shape index (κ2) is 9.62. The first-order chi connectivity index (χ1) is 13.7. The number of thiophene rings is 1. The second-order valence-corrected chi connectivity index (χ2v) is 6.73. The topological polar surface area (TPSA) is 65.0 Å². The lowest BCUT2D eigenvalue weighted by Gasteiger charge is -2.09. The average molecular weight is 396 g/mol. The van der Waals surface area contributed by atoms with Crippen molar-refractivity contribution in [2.45, 2.75) is 0 Å². The molecule has 0 radical (unpaired) electrons. The Hall–Kier alpha value is -3.25. The van der Waals surface area contributed by atoms with Gasteiger partial charge in [-0.3, -0.25) is 0 Å². The highest BCUT2D eigenvalue weighted by atomic mass is 32.1. The molecule has 28 heavy (non-hydrogen) atoms. The first-order valence-corrected chi connectivity index (χ1v) is 9.52. The predicted octanol–water partition coefficient (Wildman–Crippen LogP) is 4.84. The van der Waals surface area contributed by atoms with E-state index in [-0.39, 0.29) is 5.57 Å². The van der Waals surface area contributed by atoms with Crippen LogP contribution in [0, 0.1) is 0 Å². The van der Waals surface area contributed by atoms with Gasteiger partial charge in [0.05, 0.1) is 12.7 Å². The highest BCUT2D eigenvalue weighted by molar-refractivity contribution is 7.11. The summed E-state index contributed by atoms with van der Waals surface area (Å²) in [5.74, 6) is 1.21. The summed E-state index contributed by atoms with van der Waals surface area (Å²) in [5, 5.41) is 11.3. The monoisotopic (exact) mass is 396 g/mol. The zero-order chi connectivity index (χ0) is 19.8. The Morgan fingerprint density at radius 1 is 0.964 bits per heavy atom. The highest BCUT2D eigenvalue weighted by Crippen LogP contribution is 2.24. The Morgan fingerprint density at radius 3 is 2.32 bits per heavy atom. The van der Waals surface area contributed by atoms with E-state index in [0.717, 1.165) is 21.9 Å². The van der Waals surface area contributed by atoms with E-state index in [0.29, 0.717) is 19.0 Å². The number of methoxy groups -OCH3 is 1. The van der Waals surface area contributed by atoms with E-state index in [1.165, 1.54) is 11.3 Å². The van der Waals surface area contributed by atoms with Gasteiger partial charge in [0, 0.05) is 10.9 Å². The van der Waals surface area contributed by atoms with Crippen LogP contribution in [0.25, 0.3) is 11.6 Å². The normalized spacial score (nSPS) is 11.1. The summed E-state index contributed by atoms with van der Waals surface area (Å²) in [6.45, 7) is 0.790. The summed E-state index contributed by atoms with van der Waals surface area (Å²) in [6, 6.07) is 18.3. The number of hydrogen-bond donors (Lipinski definition) is 1. The number of carboxylic acids is 1. The van der Waals surface area contributed by atoms with E-state index in [4.69, 9.17) is 14.2 Å². The van der Waals surface area contributed by atoms with Gasteiger partial charge in [-0.15, -0.1) is 11.3 Å². The van der Waals surface area contributed by atoms with Crippen LogP contribution in [0.15, 0.2) is 66.0 Å². The summed E-state index contributed by atoms with van der Waals surface area (Å²) >= 11 is 1.40. The molecule has 0 saturated carbocycles. The molecule has 2 aromatic carbocycles. The molecule has 3 rings (SSSR count). The minimum absolute atomic E-state index is 0.273. The van der Waals surface area contributed by atoms with Crippen molar-refractivity contribution in [3.8, 4) is 17.2 Å². The summed E-state index contributed by atoms with van der Waals surface area (Å²) < 4.78 is 16.5. The molecule has 1 aromatic heterocycles. The smallest absolute Gasteiger partial charge is 0.337 e. The Kier molecular flexibility index (Phi) is 6.70. The zero-order valence-corrected chi connectivity index (χ0v) is 16.1. The standard InChI is InChI=1S/C22H20O5S/c1-25-18-4-2-5-19(15-18)27-12-11-26-17-9-7-16(8-10-17)14-20(22(23)24)21-6-3-13-28-21/h2-10,13-15H,11-12H2,1H3,(H,23,24)/b20-14-. The maximum atomic E-state index is 11.5. The first-order valence-electron chi connectivity index (χ1n) is 8.64. The summed E-state index contributed by atoms with van der Waals surface area (Å²) in [5.41, 5.74) is 1.07. The van der Waals surface area contributed by atoms with E-state index >= 15 is 0 Å². The third-order valence-corrected chi connectivity index (χ3v) is 4.77. The van der Waals surface area contributed by atoms with Gasteiger partial charge >= 0.3 is 5.97 Å². The van der Waals surface area contributed by atoms with Crippen LogP contribution in [0.5, 0.6) is 17.2 Å². The molecule has 0 aliphatic carbocycles. The molecule has 0 bridgehead atoms. The van der Waals surface area contributed by atoms with Gasteiger partial charge < -0.3 is 19.3 Å². The number of carbonyl (C=O) groups is 1. The van der Waals surface area contributed by atoms with E-state index in [1.807, 2.05) is 60.0 Å². The molecule has 5 nitrogen and oxygen atoms in total. The second-order valence-electron chi connectivity index (χ2n) is 5.79. The Labute approximate surface area is 167 Å². The van der Waals surface area contributed by atoms with E-state index in [9.17, 15) is 9.90 Å². The molecular formula is C22H20O5S. The maximum absolute atomic E-state index is 11.5. The lowest BCUT2D eigenvalue weighted by atomic mass is 10.1. The van der Waals surface area contributed by atoms with Crippen LogP contribution in [0.3, 0.4) is 0 Å². The Balaban J connectivity index is 1.54. The van der Waals surface area contributed by atoms with Crippen molar-refractivity contribution < 1.29 is 24.1 Å². The van der Waals surface area contributed by atoms with Crippen LogP contribution in [0.1, 0.15) is 10.4 Å². The van der Waals surface area contributed by atoms with Crippen LogP contribution >= 0.6 is 11.3 Å². The van der Waals surface area contributed by atoms with Gasteiger partial charge in [-0.05, 0) is 47.4 Å². The molecule has 0 spiro atoms. The molecule has 0 aliphatic rings. The van der Waals surface area contributed by atoms with Crippen LogP contribution < -0.4 is 14.2 Å². The molecule has 0 saturated heterocycles. The molecular weight excluding hydrogens is 376 g/mol. The summed E-state index contributed by atoms with van der Waals surface area (Å²) in [6.07, 6.45) is 1.66. The number of aliphatic carboxylic acids is 1. The lowest BCUT2D eigenvalue weighted by Crippen LogP contribution is -2.09. The molecule has 6 heteroatoms. The number of carboxylic acid groups (broad SMARTS) is 1. The maximum Gasteiger partial charge on any atom is 0.337 e. The minimum atomic E-state index is -0.947. The fourth-order valence-electron chi connectivity index (χ4n) is 2.51. The van der Waals surface area contributed by atoms with Crippen LogP contribution in [0.4, 0.5) is 0 Å². The third kappa shape index (κ3) is 5.37. The lowest BCUT2D eigenvalue weighted by molar-refractivity contribution is -0.130. The molecule has 0 atom stereocenters. The van der Waals surface area contributed by atoms with Crippen molar-refractivity contribution in [3.05, 3.63) is 76.5 Å². The molecule has 0 unspecified atom stereocenters. The fraction of sp³-hybridized carbons (Fsp3) is 0.136. The van der Waals surface area contributed by atoms with Gasteiger partial charge in [0.25, 0.3) is 0 Å². The first kappa shape index (κ1) is 19.5. The predicted molar refractivity (Wildman–Crippen MR) is 110 cm³/mol. The summed E-state index contributed by atoms with van der Waals surface area (Å²) in [4.78, 5) is 12.2. The zero-order valence-electron chi connectivity index (χ0n) is 15.3. The van der Waals surface area contributed by atoms with Gasteiger partial charge in [0.1, 0.15) is 30.5 Å². The highest BCUT2D eigenvalue weighted by Gasteiger charge is 2.11. The van der Waals surface area contributed by atoms with E-state index < -0.39 is 5.97 Å². The van der Waals surface area contributed by atoms with Gasteiger partial charge in [-0.1, -0.05) is 24.3 Å². The van der Waals surface area contributed by atoms with Crippen LogP contribution in [0.2, 0.25) is 0 Å². The van der Waals surface area contributed by atoms with Crippen molar-refractivity contribution in [3.63, 3.8) is 0 Å². The third-order valence-electron chi connectivity index (χ3n) is 3.87. The van der Waals surface area contributed by atoms with Gasteiger partial charge in [0.15, 0.2) is 0 Å². The number of hydrogen-bond acceptors (Lipinski definition) is 5. The van der Waals surface area contributed by atoms with Crippen LogP contribution in [-0.4, -0.2) is 31.4 Å². The molecule has 1 heterocycles. The SMILES string of the molecule is COc1cccc(OCCOc2ccc(/C=C(\C(=O)O)c3cccs3)cc2)c1. The average Bonchev–Trinajstić information content (AvgIpc) is 3.25. The van der Waals surface area contributed by atoms with Crippen molar-refractivity contribution in [1.82, 2.24) is 0 Å². The summed E-state index contributed by atoms with van der Waals surface area (Å²) in [7, 11) is 1.61.